The third-order valence-electron chi connectivity index (χ3n) is 2.19. The van der Waals surface area contributed by atoms with Crippen LogP contribution in [-0.4, -0.2) is 17.2 Å². The Bertz CT molecular complexity index is 546. The molecule has 2 rings (SSSR count). The number of hydrogen-bond acceptors (Lipinski definition) is 2. The second-order valence-electron chi connectivity index (χ2n) is 3.43. The first kappa shape index (κ1) is 11.1. The Morgan fingerprint density at radius 1 is 1.29 bits per heavy atom. The first-order chi connectivity index (χ1) is 8.19. The highest BCUT2D eigenvalue weighted by molar-refractivity contribution is 6.03. The van der Waals surface area contributed by atoms with Crippen LogP contribution in [0, 0.1) is 5.82 Å². The van der Waals surface area contributed by atoms with Gasteiger partial charge in [-0.05, 0) is 30.3 Å². The fraction of sp³-hybridized carbons (Fsp3) is 0. The molecule has 4 nitrogen and oxygen atoms in total. The highest BCUT2D eigenvalue weighted by Gasteiger charge is 2.08. The zero-order chi connectivity index (χ0) is 12.3. The molecule has 5 heteroatoms. The molecule has 0 unspecified atom stereocenters. The highest BCUT2D eigenvalue weighted by atomic mass is 19.1. The van der Waals surface area contributed by atoms with Crippen molar-refractivity contribution in [1.29, 1.82) is 0 Å². The van der Waals surface area contributed by atoms with Crippen molar-refractivity contribution in [3.05, 3.63) is 53.6 Å². The molecular weight excluding hydrogens is 223 g/mol. The van der Waals surface area contributed by atoms with Crippen LogP contribution in [0.5, 0.6) is 0 Å². The quantitative estimate of drug-likeness (QED) is 0.797. The lowest BCUT2D eigenvalue weighted by molar-refractivity contribution is 0.102. The van der Waals surface area contributed by atoms with E-state index >= 15 is 0 Å². The number of aromatic amines is 1. The van der Waals surface area contributed by atoms with Crippen molar-refractivity contribution < 1.29 is 14.0 Å². The van der Waals surface area contributed by atoms with E-state index in [9.17, 15) is 14.0 Å². The van der Waals surface area contributed by atoms with Crippen molar-refractivity contribution in [3.8, 4) is 0 Å². The fourth-order valence-electron chi connectivity index (χ4n) is 1.34. The number of H-pyrrole nitrogens is 1. The second kappa shape index (κ2) is 4.61. The molecule has 0 bridgehead atoms. The number of carbonyl (C=O) groups excluding carboxylic acids is 2. The fourth-order valence-corrected chi connectivity index (χ4v) is 1.34. The summed E-state index contributed by atoms with van der Waals surface area (Å²) in [5.41, 5.74) is 1.16. The van der Waals surface area contributed by atoms with Crippen molar-refractivity contribution in [2.45, 2.75) is 0 Å². The molecule has 1 heterocycles. The van der Waals surface area contributed by atoms with Gasteiger partial charge in [0.05, 0.1) is 0 Å². The Morgan fingerprint density at radius 3 is 2.59 bits per heavy atom. The van der Waals surface area contributed by atoms with Crippen LogP contribution in [0.2, 0.25) is 0 Å². The molecule has 0 saturated heterocycles. The number of nitrogens with one attached hydrogen (secondary N) is 2. The van der Waals surface area contributed by atoms with Crippen molar-refractivity contribution in [3.63, 3.8) is 0 Å². The van der Waals surface area contributed by atoms with Crippen LogP contribution >= 0.6 is 0 Å². The Hall–Kier alpha value is -2.43. The van der Waals surface area contributed by atoms with Crippen molar-refractivity contribution in [2.24, 2.45) is 0 Å². The second-order valence-corrected chi connectivity index (χ2v) is 3.43. The predicted octanol–water partition coefficient (Wildman–Crippen LogP) is 2.22. The average molecular weight is 232 g/mol. The third-order valence-corrected chi connectivity index (χ3v) is 2.19. The van der Waals surface area contributed by atoms with E-state index in [1.165, 1.54) is 36.5 Å². The molecule has 1 amide bonds. The number of benzene rings is 1. The topological polar surface area (TPSA) is 62.0 Å². The lowest BCUT2D eigenvalue weighted by Gasteiger charge is -2.02. The molecular formula is C12H9FN2O2. The van der Waals surface area contributed by atoms with Crippen LogP contribution < -0.4 is 5.32 Å². The van der Waals surface area contributed by atoms with Gasteiger partial charge in [-0.25, -0.2) is 4.39 Å². The molecule has 1 aromatic heterocycles. The maximum Gasteiger partial charge on any atom is 0.272 e. The van der Waals surface area contributed by atoms with Gasteiger partial charge in [0.1, 0.15) is 11.5 Å². The highest BCUT2D eigenvalue weighted by Crippen LogP contribution is 2.10. The Morgan fingerprint density at radius 2 is 2.00 bits per heavy atom. The summed E-state index contributed by atoms with van der Waals surface area (Å²) in [7, 11) is 0. The normalized spacial score (nSPS) is 9.94. The zero-order valence-electron chi connectivity index (χ0n) is 8.74. The van der Waals surface area contributed by atoms with Crippen LogP contribution in [0.15, 0.2) is 36.5 Å². The Balaban J connectivity index is 2.11. The maximum atomic E-state index is 12.6. The van der Waals surface area contributed by atoms with E-state index in [1.54, 1.807) is 0 Å². The van der Waals surface area contributed by atoms with E-state index in [2.05, 4.69) is 10.3 Å². The number of hydrogen-bond donors (Lipinski definition) is 2. The molecule has 0 aliphatic heterocycles. The average Bonchev–Trinajstić information content (AvgIpc) is 2.81. The third kappa shape index (κ3) is 2.57. The number of aromatic nitrogens is 1. The minimum Gasteiger partial charge on any atom is -0.356 e. The van der Waals surface area contributed by atoms with E-state index in [1.807, 2.05) is 0 Å². The molecule has 2 N–H and O–H groups in total. The Kier molecular flexibility index (Phi) is 3.00. The summed E-state index contributed by atoms with van der Waals surface area (Å²) >= 11 is 0. The summed E-state index contributed by atoms with van der Waals surface area (Å²) in [4.78, 5) is 24.8. The van der Waals surface area contributed by atoms with Gasteiger partial charge in [-0.1, -0.05) is 0 Å². The summed E-state index contributed by atoms with van der Waals surface area (Å²) in [6.45, 7) is 0. The van der Waals surface area contributed by atoms with Gasteiger partial charge in [-0.15, -0.1) is 0 Å². The van der Waals surface area contributed by atoms with E-state index in [0.717, 1.165) is 0 Å². The number of anilines is 1. The smallest absolute Gasteiger partial charge is 0.272 e. The molecule has 17 heavy (non-hydrogen) atoms. The van der Waals surface area contributed by atoms with E-state index in [0.29, 0.717) is 17.5 Å². The minimum atomic E-state index is -0.385. The molecule has 0 fully saturated rings. The van der Waals surface area contributed by atoms with Crippen molar-refractivity contribution >= 4 is 17.9 Å². The molecule has 0 atom stereocenters. The number of aldehydes is 1. The lowest BCUT2D eigenvalue weighted by atomic mass is 10.3. The predicted molar refractivity (Wildman–Crippen MR) is 60.5 cm³/mol. The van der Waals surface area contributed by atoms with Crippen molar-refractivity contribution in [1.82, 2.24) is 4.98 Å². The molecule has 0 aliphatic rings. The summed E-state index contributed by atoms with van der Waals surface area (Å²) in [5, 5.41) is 2.57. The summed E-state index contributed by atoms with van der Waals surface area (Å²) < 4.78 is 12.6. The van der Waals surface area contributed by atoms with Crippen LogP contribution in [0.25, 0.3) is 0 Å². The van der Waals surface area contributed by atoms with E-state index in [-0.39, 0.29) is 17.4 Å². The monoisotopic (exact) mass is 232 g/mol. The molecule has 2 aromatic rings. The molecule has 0 aliphatic carbocycles. The van der Waals surface area contributed by atoms with Crippen LogP contribution in [0.3, 0.4) is 0 Å². The summed E-state index contributed by atoms with van der Waals surface area (Å²) in [5.74, 6) is -0.754. The molecule has 0 spiro atoms. The van der Waals surface area contributed by atoms with Gasteiger partial charge in [0.15, 0.2) is 6.29 Å². The standard InChI is InChI=1S/C12H9FN2O2/c13-9-1-3-10(4-2-9)15-12(17)11-5-8(7-16)6-14-11/h1-7,14H,(H,15,17). The van der Waals surface area contributed by atoms with Crippen LogP contribution in [0.1, 0.15) is 20.8 Å². The molecule has 0 saturated carbocycles. The van der Waals surface area contributed by atoms with Crippen LogP contribution in [-0.2, 0) is 0 Å². The maximum absolute atomic E-state index is 12.6. The number of rotatable bonds is 3. The zero-order valence-corrected chi connectivity index (χ0v) is 8.74. The molecule has 1 aromatic carbocycles. The molecule has 0 radical (unpaired) electrons. The minimum absolute atomic E-state index is 0.274. The summed E-state index contributed by atoms with van der Waals surface area (Å²) in [6.07, 6.45) is 2.08. The van der Waals surface area contributed by atoms with Gasteiger partial charge in [-0.3, -0.25) is 9.59 Å². The van der Waals surface area contributed by atoms with Gasteiger partial charge in [0.2, 0.25) is 0 Å². The van der Waals surface area contributed by atoms with E-state index in [4.69, 9.17) is 0 Å². The first-order valence-corrected chi connectivity index (χ1v) is 4.89. The number of halogens is 1. The van der Waals surface area contributed by atoms with Crippen LogP contribution in [0.4, 0.5) is 10.1 Å². The number of amides is 1. The lowest BCUT2D eigenvalue weighted by Crippen LogP contribution is -2.12. The van der Waals surface area contributed by atoms with Gasteiger partial charge in [0.25, 0.3) is 5.91 Å². The summed E-state index contributed by atoms with van der Waals surface area (Å²) in [6, 6.07) is 6.85. The van der Waals surface area contributed by atoms with Crippen molar-refractivity contribution in [2.75, 3.05) is 5.32 Å². The SMILES string of the molecule is O=Cc1c[nH]c(C(=O)Nc2ccc(F)cc2)c1. The van der Waals surface area contributed by atoms with Gasteiger partial charge >= 0.3 is 0 Å². The van der Waals surface area contributed by atoms with Gasteiger partial charge in [0, 0.05) is 17.4 Å². The first-order valence-electron chi connectivity index (χ1n) is 4.89. The van der Waals surface area contributed by atoms with Gasteiger partial charge in [-0.2, -0.15) is 0 Å². The Labute approximate surface area is 96.5 Å². The molecule has 86 valence electrons. The van der Waals surface area contributed by atoms with Gasteiger partial charge < -0.3 is 10.3 Å². The van der Waals surface area contributed by atoms with E-state index < -0.39 is 0 Å². The largest absolute Gasteiger partial charge is 0.356 e. The number of carbonyl (C=O) groups is 2.